The minimum absolute atomic E-state index is 0.281. The lowest BCUT2D eigenvalue weighted by molar-refractivity contribution is -0.113. The van der Waals surface area contributed by atoms with Gasteiger partial charge in [0.15, 0.2) is 0 Å². The van der Waals surface area contributed by atoms with Crippen LogP contribution in [-0.4, -0.2) is 11.1 Å². The van der Waals surface area contributed by atoms with Gasteiger partial charge in [0.1, 0.15) is 12.4 Å². The molecule has 3 aromatic rings. The molecule has 4 rings (SSSR count). The quantitative estimate of drug-likeness (QED) is 0.438. The summed E-state index contributed by atoms with van der Waals surface area (Å²) >= 11 is 0.961. The molecule has 1 heterocycles. The maximum Gasteiger partial charge on any atom is 0.298 e. The van der Waals surface area contributed by atoms with Gasteiger partial charge in [-0.3, -0.25) is 9.59 Å². The highest BCUT2D eigenvalue weighted by Gasteiger charge is 2.37. The molecule has 5 heteroatoms. The molecule has 0 aromatic heterocycles. The summed E-state index contributed by atoms with van der Waals surface area (Å²) in [6.45, 7) is 6.36. The lowest BCUT2D eigenvalue weighted by atomic mass is 10.1. The van der Waals surface area contributed by atoms with Crippen molar-refractivity contribution in [3.63, 3.8) is 0 Å². The third-order valence-electron chi connectivity index (χ3n) is 5.08. The second kappa shape index (κ2) is 8.82. The third-order valence-corrected chi connectivity index (χ3v) is 5.95. The van der Waals surface area contributed by atoms with Crippen molar-refractivity contribution in [3.05, 3.63) is 99.5 Å². The molecule has 1 aliphatic heterocycles. The molecule has 0 bridgehead atoms. The molecule has 0 atom stereocenters. The number of carbonyl (C=O) groups excluding carboxylic acids is 2. The Bertz CT molecular complexity index is 1180. The predicted octanol–water partition coefficient (Wildman–Crippen LogP) is 6.43. The van der Waals surface area contributed by atoms with E-state index in [9.17, 15) is 9.59 Å². The molecule has 0 N–H and O–H groups in total. The summed E-state index contributed by atoms with van der Waals surface area (Å²) in [7, 11) is 0. The van der Waals surface area contributed by atoms with Gasteiger partial charge in [-0.1, -0.05) is 54.1 Å². The van der Waals surface area contributed by atoms with Crippen LogP contribution in [0.2, 0.25) is 0 Å². The van der Waals surface area contributed by atoms with Crippen molar-refractivity contribution in [2.75, 3.05) is 4.90 Å². The van der Waals surface area contributed by atoms with E-state index in [4.69, 9.17) is 4.74 Å². The van der Waals surface area contributed by atoms with Crippen molar-refractivity contribution in [2.24, 2.45) is 0 Å². The fourth-order valence-corrected chi connectivity index (χ4v) is 4.17. The van der Waals surface area contributed by atoms with E-state index in [1.807, 2.05) is 68.4 Å². The third kappa shape index (κ3) is 4.72. The number of imide groups is 1. The Morgan fingerprint density at radius 3 is 2.42 bits per heavy atom. The average molecular weight is 430 g/mol. The Balaban J connectivity index is 1.53. The summed E-state index contributed by atoms with van der Waals surface area (Å²) in [5.41, 5.74) is 5.64. The summed E-state index contributed by atoms with van der Waals surface area (Å²) < 4.78 is 5.91. The molecule has 0 radical (unpaired) electrons. The van der Waals surface area contributed by atoms with Crippen LogP contribution in [-0.2, 0) is 11.4 Å². The molecule has 156 valence electrons. The number of ether oxygens (including phenoxy) is 1. The average Bonchev–Trinajstić information content (AvgIpc) is 3.02. The number of anilines is 1. The van der Waals surface area contributed by atoms with Crippen LogP contribution < -0.4 is 9.64 Å². The van der Waals surface area contributed by atoms with Gasteiger partial charge in [-0.25, -0.2) is 4.90 Å². The van der Waals surface area contributed by atoms with Crippen molar-refractivity contribution in [1.29, 1.82) is 0 Å². The number of aryl methyl sites for hydroxylation is 3. The number of nitrogens with zero attached hydrogens (tertiary/aromatic N) is 1. The van der Waals surface area contributed by atoms with Crippen molar-refractivity contribution in [3.8, 4) is 5.75 Å². The van der Waals surface area contributed by atoms with Crippen LogP contribution in [0.3, 0.4) is 0 Å². The zero-order valence-corrected chi connectivity index (χ0v) is 18.5. The van der Waals surface area contributed by atoms with Crippen LogP contribution in [0.4, 0.5) is 10.5 Å². The smallest absolute Gasteiger partial charge is 0.298 e. The van der Waals surface area contributed by atoms with Crippen molar-refractivity contribution >= 4 is 34.7 Å². The molecular formula is C26H23NO3S. The normalized spacial score (nSPS) is 15.1. The van der Waals surface area contributed by atoms with Gasteiger partial charge in [-0.2, -0.15) is 0 Å². The fourth-order valence-electron chi connectivity index (χ4n) is 3.33. The predicted molar refractivity (Wildman–Crippen MR) is 126 cm³/mol. The minimum Gasteiger partial charge on any atom is -0.489 e. The summed E-state index contributed by atoms with van der Waals surface area (Å²) in [6, 6.07) is 21.5. The van der Waals surface area contributed by atoms with E-state index in [1.165, 1.54) is 10.5 Å². The zero-order valence-electron chi connectivity index (χ0n) is 17.7. The van der Waals surface area contributed by atoms with Gasteiger partial charge in [0.25, 0.3) is 11.1 Å². The van der Waals surface area contributed by atoms with Gasteiger partial charge in [-0.15, -0.1) is 0 Å². The molecule has 0 spiro atoms. The SMILES string of the molecule is Cc1ccc(COc2cccc(/C=C3\SC(=O)N(c4cc(C)ccc4C)C3=O)c2)cc1. The Morgan fingerprint density at radius 1 is 0.903 bits per heavy atom. The highest BCUT2D eigenvalue weighted by Crippen LogP contribution is 2.37. The number of carbonyl (C=O) groups is 2. The molecule has 4 nitrogen and oxygen atoms in total. The number of rotatable bonds is 5. The van der Waals surface area contributed by atoms with Crippen molar-refractivity contribution < 1.29 is 14.3 Å². The van der Waals surface area contributed by atoms with Crippen LogP contribution in [0.15, 0.2) is 71.6 Å². The van der Waals surface area contributed by atoms with Crippen molar-refractivity contribution in [1.82, 2.24) is 0 Å². The zero-order chi connectivity index (χ0) is 22.0. The molecule has 1 saturated heterocycles. The monoisotopic (exact) mass is 429 g/mol. The van der Waals surface area contributed by atoms with Crippen LogP contribution in [0.1, 0.15) is 27.8 Å². The summed E-state index contributed by atoms with van der Waals surface area (Å²) in [5.74, 6) is 0.415. The second-order valence-corrected chi connectivity index (χ2v) is 8.65. The van der Waals surface area contributed by atoms with E-state index < -0.39 is 0 Å². The Hall–Kier alpha value is -3.31. The Labute approximate surface area is 186 Å². The first-order chi connectivity index (χ1) is 14.9. The van der Waals surface area contributed by atoms with Gasteiger partial charge in [0, 0.05) is 0 Å². The fraction of sp³-hybridized carbons (Fsp3) is 0.154. The molecule has 3 aromatic carbocycles. The number of hydrogen-bond acceptors (Lipinski definition) is 4. The van der Waals surface area contributed by atoms with Gasteiger partial charge >= 0.3 is 0 Å². The van der Waals surface area contributed by atoms with E-state index in [0.29, 0.717) is 22.9 Å². The topological polar surface area (TPSA) is 46.6 Å². The molecule has 0 aliphatic carbocycles. The van der Waals surface area contributed by atoms with Gasteiger partial charge < -0.3 is 4.74 Å². The van der Waals surface area contributed by atoms with E-state index in [1.54, 1.807) is 6.08 Å². The van der Waals surface area contributed by atoms with Crippen LogP contribution in [0.5, 0.6) is 5.75 Å². The van der Waals surface area contributed by atoms with Gasteiger partial charge in [0.05, 0.1) is 10.6 Å². The summed E-state index contributed by atoms with van der Waals surface area (Å²) in [6.07, 6.45) is 1.74. The maximum atomic E-state index is 13.0. The Morgan fingerprint density at radius 2 is 1.65 bits per heavy atom. The Kier molecular flexibility index (Phi) is 5.96. The first kappa shape index (κ1) is 20.9. The lowest BCUT2D eigenvalue weighted by Crippen LogP contribution is -2.28. The van der Waals surface area contributed by atoms with Gasteiger partial charge in [-0.05, 0) is 79.1 Å². The minimum atomic E-state index is -0.297. The molecule has 2 amide bonds. The lowest BCUT2D eigenvalue weighted by Gasteiger charge is -2.16. The summed E-state index contributed by atoms with van der Waals surface area (Å²) in [4.78, 5) is 27.3. The first-order valence-electron chi connectivity index (χ1n) is 10.0. The van der Waals surface area contributed by atoms with E-state index in [-0.39, 0.29) is 11.1 Å². The maximum absolute atomic E-state index is 13.0. The second-order valence-electron chi connectivity index (χ2n) is 7.65. The van der Waals surface area contributed by atoms with Gasteiger partial charge in [0.2, 0.25) is 0 Å². The molecule has 31 heavy (non-hydrogen) atoms. The molecule has 1 aliphatic rings. The molecular weight excluding hydrogens is 406 g/mol. The number of hydrogen-bond donors (Lipinski definition) is 0. The van der Waals surface area contributed by atoms with E-state index in [0.717, 1.165) is 34.0 Å². The molecule has 0 unspecified atom stereocenters. The van der Waals surface area contributed by atoms with Crippen molar-refractivity contribution in [2.45, 2.75) is 27.4 Å². The number of thioether (sulfide) groups is 1. The van der Waals surface area contributed by atoms with Crippen LogP contribution in [0.25, 0.3) is 6.08 Å². The highest BCUT2D eigenvalue weighted by molar-refractivity contribution is 8.19. The number of benzene rings is 3. The molecule has 1 fully saturated rings. The van der Waals surface area contributed by atoms with Crippen LogP contribution >= 0.6 is 11.8 Å². The van der Waals surface area contributed by atoms with Crippen LogP contribution in [0, 0.1) is 20.8 Å². The largest absolute Gasteiger partial charge is 0.489 e. The van der Waals surface area contributed by atoms with E-state index in [2.05, 4.69) is 19.1 Å². The number of amides is 2. The summed E-state index contributed by atoms with van der Waals surface area (Å²) in [5, 5.41) is -0.281. The van der Waals surface area contributed by atoms with E-state index >= 15 is 0 Å². The molecule has 0 saturated carbocycles. The first-order valence-corrected chi connectivity index (χ1v) is 10.9. The highest BCUT2D eigenvalue weighted by atomic mass is 32.2. The standard InChI is InChI=1S/C26H23NO3S/c1-17-8-11-20(12-9-17)16-30-22-6-4-5-21(14-22)15-24-25(28)27(26(29)31-24)23-13-18(2)7-10-19(23)3/h4-15H,16H2,1-3H3/b24-15-.